The van der Waals surface area contributed by atoms with Crippen molar-refractivity contribution < 1.29 is 9.53 Å². The van der Waals surface area contributed by atoms with Gasteiger partial charge in [-0.2, -0.15) is 0 Å². The quantitative estimate of drug-likeness (QED) is 0.698. The van der Waals surface area contributed by atoms with E-state index in [1.807, 2.05) is 12.1 Å². The maximum absolute atomic E-state index is 12.9. The Morgan fingerprint density at radius 1 is 1.04 bits per heavy atom. The smallest absolute Gasteiger partial charge is 0.225 e. The minimum absolute atomic E-state index is 0.188. The van der Waals surface area contributed by atoms with Crippen molar-refractivity contribution in [1.29, 1.82) is 0 Å². The van der Waals surface area contributed by atoms with Gasteiger partial charge in [0, 0.05) is 38.1 Å². The summed E-state index contributed by atoms with van der Waals surface area (Å²) in [5.74, 6) is 1.38. The summed E-state index contributed by atoms with van der Waals surface area (Å²) < 4.78 is 6.84. The molecule has 6 heteroatoms. The van der Waals surface area contributed by atoms with Gasteiger partial charge in [0.15, 0.2) is 0 Å². The summed E-state index contributed by atoms with van der Waals surface area (Å²) in [5, 5.41) is 0. The monoisotopic (exact) mass is 421 g/mol. The van der Waals surface area contributed by atoms with E-state index in [0.29, 0.717) is 5.91 Å². The van der Waals surface area contributed by atoms with Crippen LogP contribution < -0.4 is 4.74 Å². The van der Waals surface area contributed by atoms with Gasteiger partial charge in [0.25, 0.3) is 0 Å². The molecule has 2 heterocycles. The van der Waals surface area contributed by atoms with Crippen molar-refractivity contribution in [3.05, 3.63) is 22.9 Å². The first-order chi connectivity index (χ1) is 12.7. The summed E-state index contributed by atoms with van der Waals surface area (Å²) >= 11 is 3.34. The molecule has 2 aliphatic carbocycles. The molecule has 1 amide bonds. The van der Waals surface area contributed by atoms with Crippen LogP contribution in [0.5, 0.6) is 5.75 Å². The average molecular weight is 422 g/mol. The minimum atomic E-state index is 0.188. The van der Waals surface area contributed by atoms with E-state index in [1.54, 1.807) is 6.20 Å². The molecule has 1 aromatic rings. The lowest BCUT2D eigenvalue weighted by Crippen LogP contribution is -2.54. The van der Waals surface area contributed by atoms with Crippen LogP contribution in [0.4, 0.5) is 0 Å². The lowest BCUT2D eigenvalue weighted by atomic mass is 9.86. The molecule has 1 aliphatic heterocycles. The van der Waals surface area contributed by atoms with Crippen LogP contribution in [-0.4, -0.2) is 59.0 Å². The summed E-state index contributed by atoms with van der Waals surface area (Å²) in [6.45, 7) is 3.95. The van der Waals surface area contributed by atoms with Crippen molar-refractivity contribution in [3.8, 4) is 5.75 Å². The lowest BCUT2D eigenvalue weighted by molar-refractivity contribution is -0.139. The van der Waals surface area contributed by atoms with Crippen LogP contribution in [0.1, 0.15) is 44.9 Å². The maximum Gasteiger partial charge on any atom is 0.225 e. The first-order valence-corrected chi connectivity index (χ1v) is 10.8. The summed E-state index contributed by atoms with van der Waals surface area (Å²) in [4.78, 5) is 21.8. The zero-order valence-corrected chi connectivity index (χ0v) is 16.9. The first-order valence-electron chi connectivity index (χ1n) is 10.00. The molecule has 0 radical (unpaired) electrons. The van der Waals surface area contributed by atoms with Crippen LogP contribution in [-0.2, 0) is 4.79 Å². The number of aromatic nitrogens is 1. The Balaban J connectivity index is 1.21. The van der Waals surface area contributed by atoms with Gasteiger partial charge < -0.3 is 9.64 Å². The predicted molar refractivity (Wildman–Crippen MR) is 104 cm³/mol. The van der Waals surface area contributed by atoms with Gasteiger partial charge in [0.1, 0.15) is 10.4 Å². The normalized spacial score (nSPS) is 27.8. The Labute approximate surface area is 164 Å². The molecular formula is C20H28BrN3O2. The van der Waals surface area contributed by atoms with Gasteiger partial charge >= 0.3 is 0 Å². The van der Waals surface area contributed by atoms with Crippen LogP contribution in [0.15, 0.2) is 22.9 Å². The fourth-order valence-corrected chi connectivity index (χ4v) is 4.60. The molecule has 0 unspecified atom stereocenters. The highest BCUT2D eigenvalue weighted by Gasteiger charge is 2.33. The summed E-state index contributed by atoms with van der Waals surface area (Å²) in [7, 11) is 0. The van der Waals surface area contributed by atoms with E-state index in [1.165, 1.54) is 19.3 Å². The molecule has 1 saturated heterocycles. The summed E-state index contributed by atoms with van der Waals surface area (Å²) in [5.41, 5.74) is 0. The second-order valence-corrected chi connectivity index (χ2v) is 8.67. The van der Waals surface area contributed by atoms with Crippen molar-refractivity contribution in [1.82, 2.24) is 14.8 Å². The summed E-state index contributed by atoms with van der Waals surface area (Å²) in [6.07, 6.45) is 9.83. The number of halogens is 1. The molecule has 0 aromatic carbocycles. The van der Waals surface area contributed by atoms with E-state index in [-0.39, 0.29) is 12.0 Å². The number of hydrogen-bond donors (Lipinski definition) is 0. The average Bonchev–Trinajstić information content (AvgIpc) is 2.63. The van der Waals surface area contributed by atoms with Gasteiger partial charge in [-0.1, -0.05) is 6.42 Å². The molecule has 0 spiro atoms. The fourth-order valence-electron chi connectivity index (χ4n) is 4.37. The van der Waals surface area contributed by atoms with Crippen LogP contribution >= 0.6 is 15.9 Å². The third-order valence-electron chi connectivity index (χ3n) is 6.24. The molecule has 0 bridgehead atoms. The Kier molecular flexibility index (Phi) is 5.79. The molecule has 4 rings (SSSR count). The second kappa shape index (κ2) is 8.26. The Morgan fingerprint density at radius 2 is 1.77 bits per heavy atom. The van der Waals surface area contributed by atoms with Crippen LogP contribution in [0.2, 0.25) is 0 Å². The number of rotatable bonds is 4. The first kappa shape index (κ1) is 18.2. The fraction of sp³-hybridized carbons (Fsp3) is 0.700. The number of amides is 1. The zero-order chi connectivity index (χ0) is 17.9. The molecule has 3 fully saturated rings. The summed E-state index contributed by atoms with van der Waals surface area (Å²) in [6, 6.07) is 4.64. The largest absolute Gasteiger partial charge is 0.489 e. The van der Waals surface area contributed by atoms with E-state index >= 15 is 0 Å². The maximum atomic E-state index is 12.9. The number of ether oxygens (including phenoxy) is 1. The Hall–Kier alpha value is -1.14. The van der Waals surface area contributed by atoms with Crippen LogP contribution in [0.3, 0.4) is 0 Å². The highest BCUT2D eigenvalue weighted by Crippen LogP contribution is 2.30. The molecule has 5 nitrogen and oxygen atoms in total. The SMILES string of the molecule is O=C(C1CCC(Oc2ccc(Br)nc2)CC1)N1CCN(C2CCC2)CC1. The standard InChI is InChI=1S/C20H28BrN3O2/c21-19-9-8-18(14-22-19)26-17-6-4-15(5-7-17)20(25)24-12-10-23(11-13-24)16-2-1-3-16/h8-9,14-17H,1-7,10-13H2. The third-order valence-corrected chi connectivity index (χ3v) is 6.71. The lowest BCUT2D eigenvalue weighted by Gasteiger charge is -2.43. The zero-order valence-electron chi connectivity index (χ0n) is 15.3. The second-order valence-electron chi connectivity index (χ2n) is 7.85. The van der Waals surface area contributed by atoms with E-state index in [2.05, 4.69) is 30.7 Å². The molecule has 142 valence electrons. The van der Waals surface area contributed by atoms with Crippen molar-refractivity contribution >= 4 is 21.8 Å². The number of pyridine rings is 1. The van der Waals surface area contributed by atoms with E-state index < -0.39 is 0 Å². The van der Waals surface area contributed by atoms with Crippen molar-refractivity contribution in [2.24, 2.45) is 5.92 Å². The van der Waals surface area contributed by atoms with Gasteiger partial charge in [-0.15, -0.1) is 0 Å². The number of hydrogen-bond acceptors (Lipinski definition) is 4. The van der Waals surface area contributed by atoms with Gasteiger partial charge in [0.2, 0.25) is 5.91 Å². The Bertz CT molecular complexity index is 604. The van der Waals surface area contributed by atoms with Crippen molar-refractivity contribution in [3.63, 3.8) is 0 Å². The molecular weight excluding hydrogens is 394 g/mol. The topological polar surface area (TPSA) is 45.7 Å². The van der Waals surface area contributed by atoms with Gasteiger partial charge in [-0.05, 0) is 66.6 Å². The molecule has 2 saturated carbocycles. The van der Waals surface area contributed by atoms with Gasteiger partial charge in [0.05, 0.1) is 12.3 Å². The molecule has 0 atom stereocenters. The van der Waals surface area contributed by atoms with Crippen molar-refractivity contribution in [2.45, 2.75) is 57.1 Å². The molecule has 1 aromatic heterocycles. The third kappa shape index (κ3) is 4.22. The van der Waals surface area contributed by atoms with E-state index in [0.717, 1.165) is 68.3 Å². The molecule has 26 heavy (non-hydrogen) atoms. The highest BCUT2D eigenvalue weighted by atomic mass is 79.9. The molecule has 0 N–H and O–H groups in total. The number of nitrogens with zero attached hydrogens (tertiary/aromatic N) is 3. The number of carbonyl (C=O) groups is 1. The highest BCUT2D eigenvalue weighted by molar-refractivity contribution is 9.10. The van der Waals surface area contributed by atoms with E-state index in [9.17, 15) is 4.79 Å². The van der Waals surface area contributed by atoms with Crippen LogP contribution in [0, 0.1) is 5.92 Å². The van der Waals surface area contributed by atoms with Gasteiger partial charge in [-0.3, -0.25) is 9.69 Å². The van der Waals surface area contributed by atoms with Crippen molar-refractivity contribution in [2.75, 3.05) is 26.2 Å². The Morgan fingerprint density at radius 3 is 2.35 bits per heavy atom. The molecule has 3 aliphatic rings. The van der Waals surface area contributed by atoms with Crippen LogP contribution in [0.25, 0.3) is 0 Å². The van der Waals surface area contributed by atoms with E-state index in [4.69, 9.17) is 4.74 Å². The van der Waals surface area contributed by atoms with Gasteiger partial charge in [-0.25, -0.2) is 4.98 Å². The predicted octanol–water partition coefficient (Wildman–Crippen LogP) is 3.48. The number of piperazine rings is 1. The minimum Gasteiger partial charge on any atom is -0.489 e. The number of carbonyl (C=O) groups excluding carboxylic acids is 1.